The molecular weight excluding hydrogens is 245 g/mol. The topological polar surface area (TPSA) is 29.5 Å². The Hall–Kier alpha value is -1.58. The Bertz CT molecular complexity index is 477. The van der Waals surface area contributed by atoms with E-state index in [1.165, 1.54) is 0 Å². The second kappa shape index (κ2) is 5.19. The predicted octanol–water partition coefficient (Wildman–Crippen LogP) is 2.20. The Morgan fingerprint density at radius 3 is 3.00 bits per heavy atom. The molecule has 1 saturated heterocycles. The second-order valence-corrected chi connectivity index (χ2v) is 5.35. The number of hydrogen-bond acceptors (Lipinski definition) is 2. The van der Waals surface area contributed by atoms with Crippen molar-refractivity contribution in [3.05, 3.63) is 29.8 Å². The van der Waals surface area contributed by atoms with Gasteiger partial charge in [-0.25, -0.2) is 0 Å². The number of hydrogen-bond donors (Lipinski definition) is 0. The van der Waals surface area contributed by atoms with Gasteiger partial charge >= 0.3 is 0 Å². The third-order valence-electron chi connectivity index (χ3n) is 4.01. The van der Waals surface area contributed by atoms with Gasteiger partial charge in [-0.2, -0.15) is 0 Å². The van der Waals surface area contributed by atoms with Gasteiger partial charge in [0.1, 0.15) is 5.75 Å². The summed E-state index contributed by atoms with van der Waals surface area (Å²) >= 11 is 0. The molecular formula is C15H18FNO2. The maximum atomic E-state index is 12.6. The van der Waals surface area contributed by atoms with Gasteiger partial charge in [0.25, 0.3) is 5.91 Å². The van der Waals surface area contributed by atoms with Crippen LogP contribution in [0.4, 0.5) is 4.39 Å². The highest BCUT2D eigenvalue weighted by Gasteiger charge is 2.33. The number of amides is 1. The number of para-hydroxylation sites is 1. The van der Waals surface area contributed by atoms with Crippen molar-refractivity contribution >= 4 is 5.91 Å². The van der Waals surface area contributed by atoms with Gasteiger partial charge in [-0.1, -0.05) is 18.2 Å². The number of aryl methyl sites for hydroxylation is 1. The molecule has 0 bridgehead atoms. The highest BCUT2D eigenvalue weighted by atomic mass is 19.1. The van der Waals surface area contributed by atoms with Crippen LogP contribution < -0.4 is 4.74 Å². The number of alkyl halides is 1. The number of carbonyl (C=O) groups is 1. The van der Waals surface area contributed by atoms with E-state index < -0.39 is 6.10 Å². The molecule has 3 nitrogen and oxygen atoms in total. The van der Waals surface area contributed by atoms with E-state index in [1.54, 1.807) is 4.90 Å². The van der Waals surface area contributed by atoms with E-state index in [-0.39, 0.29) is 18.5 Å². The zero-order valence-corrected chi connectivity index (χ0v) is 10.8. The van der Waals surface area contributed by atoms with Crippen molar-refractivity contribution in [2.24, 2.45) is 5.92 Å². The van der Waals surface area contributed by atoms with Crippen molar-refractivity contribution < 1.29 is 13.9 Å². The molecule has 4 heteroatoms. The van der Waals surface area contributed by atoms with Crippen LogP contribution in [0, 0.1) is 5.92 Å². The number of carbonyl (C=O) groups excluding carboxylic acids is 1. The van der Waals surface area contributed by atoms with E-state index in [4.69, 9.17) is 4.74 Å². The van der Waals surface area contributed by atoms with Crippen LogP contribution in [0.1, 0.15) is 18.4 Å². The summed E-state index contributed by atoms with van der Waals surface area (Å²) < 4.78 is 18.4. The Morgan fingerprint density at radius 1 is 1.37 bits per heavy atom. The Morgan fingerprint density at radius 2 is 2.21 bits per heavy atom. The Balaban J connectivity index is 1.66. The number of rotatable bonds is 2. The molecule has 0 saturated carbocycles. The first-order valence-corrected chi connectivity index (χ1v) is 6.87. The summed E-state index contributed by atoms with van der Waals surface area (Å²) in [5, 5.41) is 0. The average Bonchev–Trinajstić information content (AvgIpc) is 2.95. The second-order valence-electron chi connectivity index (χ2n) is 5.35. The zero-order chi connectivity index (χ0) is 13.2. The van der Waals surface area contributed by atoms with Crippen LogP contribution in [-0.2, 0) is 11.2 Å². The summed E-state index contributed by atoms with van der Waals surface area (Å²) in [6.07, 6.45) is 1.96. The first kappa shape index (κ1) is 12.5. The number of halogens is 1. The van der Waals surface area contributed by atoms with Gasteiger partial charge in [0, 0.05) is 19.0 Å². The van der Waals surface area contributed by atoms with E-state index in [1.807, 2.05) is 24.3 Å². The summed E-state index contributed by atoms with van der Waals surface area (Å²) in [4.78, 5) is 14.1. The lowest BCUT2D eigenvalue weighted by molar-refractivity contribution is -0.138. The van der Waals surface area contributed by atoms with E-state index in [9.17, 15) is 9.18 Å². The van der Waals surface area contributed by atoms with Crippen LogP contribution in [0.2, 0.25) is 0 Å². The average molecular weight is 263 g/mol. The lowest BCUT2D eigenvalue weighted by Gasteiger charge is -2.28. The van der Waals surface area contributed by atoms with Gasteiger partial charge in [0.15, 0.2) is 6.10 Å². The lowest BCUT2D eigenvalue weighted by Crippen LogP contribution is -2.42. The van der Waals surface area contributed by atoms with Crippen LogP contribution in [0.25, 0.3) is 0 Å². The van der Waals surface area contributed by atoms with Crippen molar-refractivity contribution in [3.63, 3.8) is 0 Å². The van der Waals surface area contributed by atoms with Gasteiger partial charge in [-0.05, 0) is 30.9 Å². The predicted molar refractivity (Wildman–Crippen MR) is 69.8 cm³/mol. The molecule has 2 heterocycles. The van der Waals surface area contributed by atoms with Crippen LogP contribution in [0.15, 0.2) is 24.3 Å². The molecule has 0 N–H and O–H groups in total. The van der Waals surface area contributed by atoms with Crippen LogP contribution >= 0.6 is 0 Å². The normalized spacial score (nSPS) is 25.8. The zero-order valence-electron chi connectivity index (χ0n) is 10.8. The van der Waals surface area contributed by atoms with E-state index in [0.717, 1.165) is 24.2 Å². The maximum absolute atomic E-state index is 12.6. The first-order chi connectivity index (χ1) is 9.28. The summed E-state index contributed by atoms with van der Waals surface area (Å²) in [7, 11) is 0. The van der Waals surface area contributed by atoms with Crippen molar-refractivity contribution in [3.8, 4) is 5.75 Å². The molecule has 0 spiro atoms. The quantitative estimate of drug-likeness (QED) is 0.818. The molecule has 0 aliphatic carbocycles. The van der Waals surface area contributed by atoms with Crippen LogP contribution in [0.3, 0.4) is 0 Å². The molecule has 1 amide bonds. The van der Waals surface area contributed by atoms with Crippen molar-refractivity contribution in [1.82, 2.24) is 4.90 Å². The molecule has 2 unspecified atom stereocenters. The van der Waals surface area contributed by atoms with E-state index in [2.05, 4.69) is 0 Å². The van der Waals surface area contributed by atoms with Gasteiger partial charge in [0.2, 0.25) is 0 Å². The molecule has 2 aliphatic heterocycles. The molecule has 0 radical (unpaired) electrons. The third kappa shape index (κ3) is 2.44. The van der Waals surface area contributed by atoms with E-state index in [0.29, 0.717) is 19.5 Å². The molecule has 1 fully saturated rings. The fourth-order valence-corrected chi connectivity index (χ4v) is 2.86. The Kier molecular flexibility index (Phi) is 3.40. The largest absolute Gasteiger partial charge is 0.480 e. The van der Waals surface area contributed by atoms with Crippen molar-refractivity contribution in [2.75, 3.05) is 19.8 Å². The standard InChI is InChI=1S/C15H18FNO2/c16-9-11-7-8-17(10-11)15(18)14-6-5-12-3-1-2-4-13(12)19-14/h1-4,11,14H,5-10H2. The number of ether oxygens (including phenoxy) is 1. The molecule has 2 atom stereocenters. The summed E-state index contributed by atoms with van der Waals surface area (Å²) in [6, 6.07) is 7.84. The SMILES string of the molecule is O=C(C1CCc2ccccc2O1)N1CCC(CF)C1. The molecule has 0 aromatic heterocycles. The highest BCUT2D eigenvalue weighted by Crippen LogP contribution is 2.28. The fourth-order valence-electron chi connectivity index (χ4n) is 2.86. The molecule has 3 rings (SSSR count). The molecule has 2 aliphatic rings. The number of nitrogens with zero attached hydrogens (tertiary/aromatic N) is 1. The summed E-state index contributed by atoms with van der Waals surface area (Å²) in [5.41, 5.74) is 1.16. The summed E-state index contributed by atoms with van der Waals surface area (Å²) in [5.74, 6) is 0.846. The van der Waals surface area contributed by atoms with Gasteiger partial charge in [0.05, 0.1) is 6.67 Å². The fraction of sp³-hybridized carbons (Fsp3) is 0.533. The van der Waals surface area contributed by atoms with Crippen LogP contribution in [-0.4, -0.2) is 36.7 Å². The number of likely N-dealkylation sites (tertiary alicyclic amines) is 1. The molecule has 102 valence electrons. The van der Waals surface area contributed by atoms with Crippen LogP contribution in [0.5, 0.6) is 5.75 Å². The van der Waals surface area contributed by atoms with Gasteiger partial charge in [-0.15, -0.1) is 0 Å². The minimum Gasteiger partial charge on any atom is -0.480 e. The van der Waals surface area contributed by atoms with Gasteiger partial charge < -0.3 is 9.64 Å². The van der Waals surface area contributed by atoms with Crippen molar-refractivity contribution in [1.29, 1.82) is 0 Å². The van der Waals surface area contributed by atoms with Gasteiger partial charge in [-0.3, -0.25) is 9.18 Å². The third-order valence-corrected chi connectivity index (χ3v) is 4.01. The van der Waals surface area contributed by atoms with Crippen molar-refractivity contribution in [2.45, 2.75) is 25.4 Å². The lowest BCUT2D eigenvalue weighted by atomic mass is 10.0. The minimum atomic E-state index is -0.395. The molecule has 19 heavy (non-hydrogen) atoms. The number of benzene rings is 1. The molecule has 1 aromatic carbocycles. The summed E-state index contributed by atoms with van der Waals surface area (Å²) in [6.45, 7) is 0.865. The number of fused-ring (bicyclic) bond motifs is 1. The first-order valence-electron chi connectivity index (χ1n) is 6.87. The smallest absolute Gasteiger partial charge is 0.263 e. The minimum absolute atomic E-state index is 0.0137. The van der Waals surface area contributed by atoms with E-state index >= 15 is 0 Å². The monoisotopic (exact) mass is 263 g/mol. The Labute approximate surface area is 112 Å². The maximum Gasteiger partial charge on any atom is 0.263 e. The highest BCUT2D eigenvalue weighted by molar-refractivity contribution is 5.82. The molecule has 1 aromatic rings.